The number of hydrogen-bond acceptors (Lipinski definition) is 4. The van der Waals surface area contributed by atoms with E-state index in [1.807, 2.05) is 19.1 Å². The molecule has 0 saturated carbocycles. The molecule has 0 N–H and O–H groups in total. The average molecular weight is 281 g/mol. The molecule has 1 unspecified atom stereocenters. The molecule has 5 heteroatoms. The molecule has 0 spiro atoms. The number of fused-ring (bicyclic) bond motifs is 2. The number of hydrogen-bond donors (Lipinski definition) is 0. The fraction of sp³-hybridized carbons (Fsp3) is 0.357. The maximum Gasteiger partial charge on any atom is 0.336 e. The summed E-state index contributed by atoms with van der Waals surface area (Å²) in [6, 6.07) is 3.71. The Bertz CT molecular complexity index is 591. The van der Waals surface area contributed by atoms with Crippen LogP contribution in [-0.2, 0) is 9.53 Å². The normalized spacial score (nSPS) is 19.6. The minimum atomic E-state index is -0.497. The molecule has 0 amide bonds. The number of alkyl halides is 1. The molecule has 1 aliphatic carbocycles. The average Bonchev–Trinajstić information content (AvgIpc) is 2.92. The van der Waals surface area contributed by atoms with E-state index >= 15 is 0 Å². The maximum atomic E-state index is 12.0. The minimum absolute atomic E-state index is 0.221. The van der Waals surface area contributed by atoms with E-state index in [-0.39, 0.29) is 12.8 Å². The molecule has 0 radical (unpaired) electrons. The van der Waals surface area contributed by atoms with E-state index < -0.39 is 5.38 Å². The van der Waals surface area contributed by atoms with Gasteiger partial charge in [0.25, 0.3) is 0 Å². The van der Waals surface area contributed by atoms with E-state index in [0.29, 0.717) is 23.7 Å². The number of ether oxygens (including phenoxy) is 3. The Morgan fingerprint density at radius 3 is 2.79 bits per heavy atom. The SMILES string of the molecule is CCOC(=O)C1=C(C)c2cc3c(cc2C1Cl)OCO3. The van der Waals surface area contributed by atoms with Gasteiger partial charge >= 0.3 is 5.97 Å². The summed E-state index contributed by atoms with van der Waals surface area (Å²) >= 11 is 6.38. The highest BCUT2D eigenvalue weighted by Crippen LogP contribution is 2.49. The van der Waals surface area contributed by atoms with E-state index in [0.717, 1.165) is 16.7 Å². The summed E-state index contributed by atoms with van der Waals surface area (Å²) in [5.74, 6) is 0.993. The lowest BCUT2D eigenvalue weighted by atomic mass is 10.1. The highest BCUT2D eigenvalue weighted by molar-refractivity contribution is 6.28. The zero-order valence-corrected chi connectivity index (χ0v) is 11.4. The van der Waals surface area contributed by atoms with Crippen molar-refractivity contribution in [1.82, 2.24) is 0 Å². The Balaban J connectivity index is 2.07. The summed E-state index contributed by atoms with van der Waals surface area (Å²) in [5, 5.41) is -0.497. The van der Waals surface area contributed by atoms with Crippen molar-refractivity contribution in [3.63, 3.8) is 0 Å². The van der Waals surface area contributed by atoms with Crippen LogP contribution < -0.4 is 9.47 Å². The third kappa shape index (κ3) is 1.78. The summed E-state index contributed by atoms with van der Waals surface area (Å²) < 4.78 is 15.7. The Morgan fingerprint density at radius 1 is 1.42 bits per heavy atom. The Morgan fingerprint density at radius 2 is 2.11 bits per heavy atom. The predicted molar refractivity (Wildman–Crippen MR) is 70.4 cm³/mol. The molecular formula is C14H13ClO4. The van der Waals surface area contributed by atoms with Crippen LogP contribution in [0.15, 0.2) is 17.7 Å². The van der Waals surface area contributed by atoms with Crippen LogP contribution in [0.3, 0.4) is 0 Å². The van der Waals surface area contributed by atoms with E-state index in [4.69, 9.17) is 25.8 Å². The zero-order chi connectivity index (χ0) is 13.6. The molecule has 1 heterocycles. The van der Waals surface area contributed by atoms with E-state index in [2.05, 4.69) is 0 Å². The number of allylic oxidation sites excluding steroid dienone is 1. The zero-order valence-electron chi connectivity index (χ0n) is 10.7. The van der Waals surface area contributed by atoms with Crippen molar-refractivity contribution in [3.8, 4) is 11.5 Å². The van der Waals surface area contributed by atoms with Gasteiger partial charge in [-0.25, -0.2) is 4.79 Å². The molecule has 100 valence electrons. The first-order valence-electron chi connectivity index (χ1n) is 6.09. The molecule has 3 rings (SSSR count). The molecule has 0 fully saturated rings. The van der Waals surface area contributed by atoms with Crippen molar-refractivity contribution < 1.29 is 19.0 Å². The first-order valence-corrected chi connectivity index (χ1v) is 6.53. The summed E-state index contributed by atoms with van der Waals surface area (Å²) in [4.78, 5) is 12.0. The smallest absolute Gasteiger partial charge is 0.336 e. The summed E-state index contributed by atoms with van der Waals surface area (Å²) in [5.41, 5.74) is 3.13. The van der Waals surface area contributed by atoms with Crippen molar-refractivity contribution >= 4 is 23.1 Å². The highest BCUT2D eigenvalue weighted by Gasteiger charge is 2.35. The highest BCUT2D eigenvalue weighted by atomic mass is 35.5. The number of carbonyl (C=O) groups excluding carboxylic acids is 1. The Kier molecular flexibility index (Phi) is 2.90. The van der Waals surface area contributed by atoms with Crippen molar-refractivity contribution in [3.05, 3.63) is 28.8 Å². The number of esters is 1. The van der Waals surface area contributed by atoms with Crippen molar-refractivity contribution in [2.75, 3.05) is 13.4 Å². The standard InChI is InChI=1S/C14H13ClO4/c1-3-17-14(16)12-7(2)8-4-10-11(19-6-18-10)5-9(8)13(12)15/h4-5,13H,3,6H2,1-2H3. The van der Waals surface area contributed by atoms with Crippen LogP contribution in [0, 0.1) is 0 Å². The first-order chi connectivity index (χ1) is 9.13. The number of rotatable bonds is 2. The Labute approximate surface area is 115 Å². The lowest BCUT2D eigenvalue weighted by Crippen LogP contribution is -2.10. The van der Waals surface area contributed by atoms with Gasteiger partial charge in [0.1, 0.15) is 0 Å². The largest absolute Gasteiger partial charge is 0.463 e. The molecule has 0 saturated heterocycles. The molecule has 1 atom stereocenters. The number of benzene rings is 1. The van der Waals surface area contributed by atoms with Crippen LogP contribution in [0.2, 0.25) is 0 Å². The van der Waals surface area contributed by atoms with Gasteiger partial charge in [-0.2, -0.15) is 0 Å². The second-order valence-corrected chi connectivity index (χ2v) is 4.85. The summed E-state index contributed by atoms with van der Waals surface area (Å²) in [6.45, 7) is 4.20. The van der Waals surface area contributed by atoms with Crippen molar-refractivity contribution in [2.24, 2.45) is 0 Å². The van der Waals surface area contributed by atoms with Crippen LogP contribution in [-0.4, -0.2) is 19.4 Å². The number of carbonyl (C=O) groups is 1. The molecule has 2 aliphatic rings. The van der Waals surface area contributed by atoms with Gasteiger partial charge in [-0.05, 0) is 42.7 Å². The maximum absolute atomic E-state index is 12.0. The van der Waals surface area contributed by atoms with E-state index in [1.54, 1.807) is 6.92 Å². The molecule has 1 aliphatic heterocycles. The molecule has 4 nitrogen and oxygen atoms in total. The van der Waals surface area contributed by atoms with Gasteiger partial charge in [0, 0.05) is 0 Å². The van der Waals surface area contributed by atoms with Gasteiger partial charge in [-0.15, -0.1) is 11.6 Å². The molecule has 19 heavy (non-hydrogen) atoms. The lowest BCUT2D eigenvalue weighted by Gasteiger charge is -2.08. The van der Waals surface area contributed by atoms with Gasteiger partial charge in [0.05, 0.1) is 17.6 Å². The summed E-state index contributed by atoms with van der Waals surface area (Å²) in [6.07, 6.45) is 0. The second kappa shape index (κ2) is 4.46. The van der Waals surface area contributed by atoms with Gasteiger partial charge < -0.3 is 14.2 Å². The van der Waals surface area contributed by atoms with Crippen LogP contribution in [0.1, 0.15) is 30.4 Å². The molecule has 0 aromatic heterocycles. The summed E-state index contributed by atoms with van der Waals surface area (Å²) in [7, 11) is 0. The number of halogens is 1. The first kappa shape index (κ1) is 12.4. The molecule has 0 bridgehead atoms. The van der Waals surface area contributed by atoms with Gasteiger partial charge in [-0.1, -0.05) is 0 Å². The lowest BCUT2D eigenvalue weighted by molar-refractivity contribution is -0.138. The van der Waals surface area contributed by atoms with Crippen LogP contribution in [0.25, 0.3) is 5.57 Å². The third-order valence-electron chi connectivity index (χ3n) is 3.37. The van der Waals surface area contributed by atoms with Gasteiger partial charge in [0.2, 0.25) is 6.79 Å². The van der Waals surface area contributed by atoms with Gasteiger partial charge in [0.15, 0.2) is 11.5 Å². The van der Waals surface area contributed by atoms with Crippen LogP contribution in [0.5, 0.6) is 11.5 Å². The van der Waals surface area contributed by atoms with Crippen molar-refractivity contribution in [1.29, 1.82) is 0 Å². The predicted octanol–water partition coefficient (Wildman–Crippen LogP) is 3.05. The minimum Gasteiger partial charge on any atom is -0.463 e. The van der Waals surface area contributed by atoms with Gasteiger partial charge in [-0.3, -0.25) is 0 Å². The fourth-order valence-electron chi connectivity index (χ4n) is 2.45. The second-order valence-electron chi connectivity index (χ2n) is 4.41. The fourth-order valence-corrected chi connectivity index (χ4v) is 2.88. The quantitative estimate of drug-likeness (QED) is 0.617. The molecule has 1 aromatic carbocycles. The van der Waals surface area contributed by atoms with Crippen LogP contribution in [0.4, 0.5) is 0 Å². The Hall–Kier alpha value is -1.68. The monoisotopic (exact) mass is 280 g/mol. The molecule has 1 aromatic rings. The topological polar surface area (TPSA) is 44.8 Å². The van der Waals surface area contributed by atoms with E-state index in [9.17, 15) is 4.79 Å². The van der Waals surface area contributed by atoms with Crippen molar-refractivity contribution in [2.45, 2.75) is 19.2 Å². The molecular weight excluding hydrogens is 268 g/mol. The van der Waals surface area contributed by atoms with E-state index in [1.165, 1.54) is 0 Å². The third-order valence-corrected chi connectivity index (χ3v) is 3.83. The van der Waals surface area contributed by atoms with Crippen LogP contribution >= 0.6 is 11.6 Å².